The number of para-hydroxylation sites is 1. The van der Waals surface area contributed by atoms with Crippen LogP contribution in [0.2, 0.25) is 0 Å². The van der Waals surface area contributed by atoms with E-state index in [4.69, 9.17) is 14.2 Å². The van der Waals surface area contributed by atoms with Crippen LogP contribution in [-0.2, 0) is 23.9 Å². The van der Waals surface area contributed by atoms with Gasteiger partial charge in [-0.3, -0.25) is 9.59 Å². The molecule has 1 fully saturated rings. The van der Waals surface area contributed by atoms with Gasteiger partial charge in [0.1, 0.15) is 18.0 Å². The van der Waals surface area contributed by atoms with Crippen LogP contribution in [0.3, 0.4) is 0 Å². The first-order valence-corrected chi connectivity index (χ1v) is 12.7. The summed E-state index contributed by atoms with van der Waals surface area (Å²) in [6, 6.07) is 16.8. The zero-order chi connectivity index (χ0) is 26.5. The third-order valence-corrected chi connectivity index (χ3v) is 6.62. The SMILES string of the molecule is CCOC(=O)C1=C(C)N(CC(=O)N2CC(C)OC(C)C2)C(=O)CC1c1cccc(Oc2ccccc2)c1. The number of hydrogen-bond donors (Lipinski definition) is 0. The molecule has 37 heavy (non-hydrogen) atoms. The normalized spacial score (nSPS) is 22.2. The van der Waals surface area contributed by atoms with E-state index >= 15 is 0 Å². The highest BCUT2D eigenvalue weighted by Gasteiger charge is 2.38. The van der Waals surface area contributed by atoms with Gasteiger partial charge in [0, 0.05) is 31.1 Å². The van der Waals surface area contributed by atoms with E-state index in [-0.39, 0.29) is 43.6 Å². The molecule has 3 atom stereocenters. The fraction of sp³-hybridized carbons (Fsp3) is 0.414. The van der Waals surface area contributed by atoms with E-state index in [1.165, 1.54) is 4.90 Å². The summed E-state index contributed by atoms with van der Waals surface area (Å²) in [5.74, 6) is -0.0980. The van der Waals surface area contributed by atoms with Crippen molar-refractivity contribution in [3.8, 4) is 11.5 Å². The highest BCUT2D eigenvalue weighted by Crippen LogP contribution is 2.38. The Kier molecular flexibility index (Phi) is 8.28. The van der Waals surface area contributed by atoms with Crippen LogP contribution in [0.15, 0.2) is 65.9 Å². The molecule has 4 rings (SSSR count). The van der Waals surface area contributed by atoms with Crippen molar-refractivity contribution < 1.29 is 28.6 Å². The number of carbonyl (C=O) groups is 3. The van der Waals surface area contributed by atoms with Crippen molar-refractivity contribution in [1.82, 2.24) is 9.80 Å². The molecule has 0 spiro atoms. The van der Waals surface area contributed by atoms with E-state index in [1.54, 1.807) is 18.7 Å². The molecule has 0 aliphatic carbocycles. The molecule has 1 saturated heterocycles. The Balaban J connectivity index is 1.62. The van der Waals surface area contributed by atoms with Gasteiger partial charge >= 0.3 is 5.97 Å². The van der Waals surface area contributed by atoms with Crippen molar-refractivity contribution in [2.45, 2.75) is 52.2 Å². The lowest BCUT2D eigenvalue weighted by molar-refractivity contribution is -0.148. The fourth-order valence-electron chi connectivity index (χ4n) is 5.00. The summed E-state index contributed by atoms with van der Waals surface area (Å²) in [5, 5.41) is 0. The van der Waals surface area contributed by atoms with Crippen molar-refractivity contribution in [3.63, 3.8) is 0 Å². The van der Waals surface area contributed by atoms with Crippen molar-refractivity contribution >= 4 is 17.8 Å². The van der Waals surface area contributed by atoms with Gasteiger partial charge in [0.2, 0.25) is 11.8 Å². The van der Waals surface area contributed by atoms with E-state index in [9.17, 15) is 14.4 Å². The summed E-state index contributed by atoms with van der Waals surface area (Å²) in [6.45, 7) is 8.31. The van der Waals surface area contributed by atoms with Crippen molar-refractivity contribution in [3.05, 3.63) is 71.4 Å². The number of esters is 1. The second-order valence-corrected chi connectivity index (χ2v) is 9.50. The van der Waals surface area contributed by atoms with Crippen LogP contribution in [0, 0.1) is 0 Å². The molecule has 0 bridgehead atoms. The van der Waals surface area contributed by atoms with E-state index in [1.807, 2.05) is 68.4 Å². The summed E-state index contributed by atoms with van der Waals surface area (Å²) in [6.07, 6.45) is -0.110. The Labute approximate surface area is 217 Å². The molecule has 2 heterocycles. The van der Waals surface area contributed by atoms with Gasteiger partial charge in [-0.25, -0.2) is 4.79 Å². The lowest BCUT2D eigenvalue weighted by Gasteiger charge is -2.38. The van der Waals surface area contributed by atoms with Crippen LogP contribution in [0.25, 0.3) is 0 Å². The molecule has 2 aromatic carbocycles. The first-order chi connectivity index (χ1) is 17.8. The molecule has 3 unspecified atom stereocenters. The zero-order valence-electron chi connectivity index (χ0n) is 21.8. The Hall–Kier alpha value is -3.65. The van der Waals surface area contributed by atoms with Gasteiger partial charge in [0.05, 0.1) is 24.4 Å². The minimum Gasteiger partial charge on any atom is -0.463 e. The largest absolute Gasteiger partial charge is 0.463 e. The molecule has 2 aliphatic rings. The summed E-state index contributed by atoms with van der Waals surface area (Å²) >= 11 is 0. The predicted molar refractivity (Wildman–Crippen MR) is 138 cm³/mol. The predicted octanol–water partition coefficient (Wildman–Crippen LogP) is 4.27. The lowest BCUT2D eigenvalue weighted by atomic mass is 9.83. The summed E-state index contributed by atoms with van der Waals surface area (Å²) < 4.78 is 17.1. The second-order valence-electron chi connectivity index (χ2n) is 9.50. The lowest BCUT2D eigenvalue weighted by Crippen LogP contribution is -2.52. The Morgan fingerprint density at radius 2 is 1.68 bits per heavy atom. The number of hydrogen-bond acceptors (Lipinski definition) is 6. The quantitative estimate of drug-likeness (QED) is 0.522. The van der Waals surface area contributed by atoms with Crippen molar-refractivity contribution in [2.75, 3.05) is 26.2 Å². The molecule has 0 aromatic heterocycles. The molecule has 0 saturated carbocycles. The average Bonchev–Trinajstić information content (AvgIpc) is 2.86. The maximum Gasteiger partial charge on any atom is 0.336 e. The molecular weight excluding hydrogens is 472 g/mol. The number of amides is 2. The third-order valence-electron chi connectivity index (χ3n) is 6.62. The molecular formula is C29H34N2O6. The van der Waals surface area contributed by atoms with Crippen molar-refractivity contribution in [1.29, 1.82) is 0 Å². The number of carbonyl (C=O) groups excluding carboxylic acids is 3. The van der Waals surface area contributed by atoms with Gasteiger partial charge in [-0.15, -0.1) is 0 Å². The van der Waals surface area contributed by atoms with Crippen LogP contribution in [0.1, 0.15) is 45.6 Å². The first kappa shape index (κ1) is 26.4. The topological polar surface area (TPSA) is 85.4 Å². The van der Waals surface area contributed by atoms with Gasteiger partial charge < -0.3 is 24.0 Å². The summed E-state index contributed by atoms with van der Waals surface area (Å²) in [7, 11) is 0. The fourth-order valence-corrected chi connectivity index (χ4v) is 5.00. The molecule has 0 radical (unpaired) electrons. The molecule has 8 nitrogen and oxygen atoms in total. The average molecular weight is 507 g/mol. The van der Waals surface area contributed by atoms with Crippen LogP contribution in [-0.4, -0.2) is 66.0 Å². The third kappa shape index (κ3) is 6.20. The Morgan fingerprint density at radius 3 is 2.35 bits per heavy atom. The van der Waals surface area contributed by atoms with E-state index in [2.05, 4.69) is 0 Å². The Morgan fingerprint density at radius 1 is 1.00 bits per heavy atom. The highest BCUT2D eigenvalue weighted by molar-refractivity contribution is 5.97. The van der Waals surface area contributed by atoms with Crippen LogP contribution in [0.5, 0.6) is 11.5 Å². The smallest absolute Gasteiger partial charge is 0.336 e. The number of ether oxygens (including phenoxy) is 3. The first-order valence-electron chi connectivity index (χ1n) is 12.7. The highest BCUT2D eigenvalue weighted by atomic mass is 16.5. The van der Waals surface area contributed by atoms with Crippen molar-refractivity contribution in [2.24, 2.45) is 0 Å². The number of morpholine rings is 1. The van der Waals surface area contributed by atoms with Gasteiger partial charge in [0.25, 0.3) is 0 Å². The maximum absolute atomic E-state index is 13.4. The van der Waals surface area contributed by atoms with Gasteiger partial charge in [-0.2, -0.15) is 0 Å². The van der Waals surface area contributed by atoms with Crippen LogP contribution >= 0.6 is 0 Å². The van der Waals surface area contributed by atoms with E-state index in [0.29, 0.717) is 35.9 Å². The Bertz CT molecular complexity index is 1170. The molecule has 2 amide bonds. The van der Waals surface area contributed by atoms with E-state index in [0.717, 1.165) is 5.56 Å². The van der Waals surface area contributed by atoms with E-state index < -0.39 is 11.9 Å². The number of benzene rings is 2. The molecule has 2 aromatic rings. The van der Waals surface area contributed by atoms with Crippen LogP contribution < -0.4 is 4.74 Å². The number of nitrogens with zero attached hydrogens (tertiary/aromatic N) is 2. The van der Waals surface area contributed by atoms with Gasteiger partial charge in [-0.05, 0) is 57.5 Å². The second kappa shape index (κ2) is 11.6. The maximum atomic E-state index is 13.4. The molecule has 2 aliphatic heterocycles. The summed E-state index contributed by atoms with van der Waals surface area (Å²) in [5.41, 5.74) is 1.60. The minimum atomic E-state index is -0.513. The monoisotopic (exact) mass is 506 g/mol. The molecule has 196 valence electrons. The molecule has 8 heteroatoms. The summed E-state index contributed by atoms with van der Waals surface area (Å²) in [4.78, 5) is 42.8. The minimum absolute atomic E-state index is 0.0451. The standard InChI is InChI=1S/C29H34N2O6/c1-5-35-29(34)28-21(4)31(18-27(33)30-16-19(2)36-20(3)17-30)26(32)15-25(28)22-10-9-13-24(14-22)37-23-11-7-6-8-12-23/h6-14,19-20,25H,5,15-18H2,1-4H3. The van der Waals surface area contributed by atoms with Crippen LogP contribution in [0.4, 0.5) is 0 Å². The van der Waals surface area contributed by atoms with Gasteiger partial charge in [0.15, 0.2) is 0 Å². The molecule has 0 N–H and O–H groups in total. The van der Waals surface area contributed by atoms with Gasteiger partial charge in [-0.1, -0.05) is 30.3 Å². The number of rotatable bonds is 7. The zero-order valence-corrected chi connectivity index (χ0v) is 21.8. The number of allylic oxidation sites excluding steroid dienone is 1.